The molecule has 4 aromatic rings. The molecule has 0 fully saturated rings. The molecular weight excluding hydrogens is 348 g/mol. The Morgan fingerprint density at radius 2 is 2.19 bits per heavy atom. The number of furan rings is 1. The van der Waals surface area contributed by atoms with Crippen molar-refractivity contribution in [2.24, 2.45) is 0 Å². The molecule has 0 saturated carbocycles. The van der Waals surface area contributed by atoms with Gasteiger partial charge in [0.2, 0.25) is 0 Å². The summed E-state index contributed by atoms with van der Waals surface area (Å²) < 4.78 is 7.19. The number of nitrogens with zero attached hydrogens (tertiary/aromatic N) is 3. The topological polar surface area (TPSA) is 73.0 Å². The first-order valence-electron chi connectivity index (χ1n) is 8.08. The smallest absolute Gasteiger partial charge is 0.275 e. The molecule has 0 aliphatic rings. The lowest BCUT2D eigenvalue weighted by Crippen LogP contribution is -2.13. The van der Waals surface area contributed by atoms with Crippen molar-refractivity contribution in [2.75, 3.05) is 5.32 Å². The Bertz CT molecular complexity index is 1020. The number of amides is 1. The van der Waals surface area contributed by atoms with Crippen molar-refractivity contribution in [1.82, 2.24) is 14.8 Å². The second-order valence-electron chi connectivity index (χ2n) is 5.76. The van der Waals surface area contributed by atoms with E-state index in [4.69, 9.17) is 4.42 Å². The summed E-state index contributed by atoms with van der Waals surface area (Å²) in [5.41, 5.74) is 2.20. The number of thiazole rings is 1. The van der Waals surface area contributed by atoms with Gasteiger partial charge in [0.25, 0.3) is 5.91 Å². The molecule has 3 aromatic heterocycles. The van der Waals surface area contributed by atoms with E-state index in [1.54, 1.807) is 18.5 Å². The molecule has 1 aromatic carbocycles. The first-order valence-corrected chi connectivity index (χ1v) is 8.90. The van der Waals surface area contributed by atoms with Gasteiger partial charge in [0, 0.05) is 23.0 Å². The highest BCUT2D eigenvalue weighted by Crippen LogP contribution is 2.28. The summed E-state index contributed by atoms with van der Waals surface area (Å²) >= 11 is 1.44. The quantitative estimate of drug-likeness (QED) is 0.576. The zero-order valence-corrected chi connectivity index (χ0v) is 14.9. The van der Waals surface area contributed by atoms with Crippen LogP contribution in [0.3, 0.4) is 0 Å². The number of carbonyl (C=O) groups excluding carboxylic acids is 1. The average Bonchev–Trinajstić information content (AvgIpc) is 3.36. The molecule has 0 bridgehead atoms. The fraction of sp³-hybridized carbons (Fsp3) is 0.105. The van der Waals surface area contributed by atoms with E-state index in [0.717, 1.165) is 16.1 Å². The summed E-state index contributed by atoms with van der Waals surface area (Å²) in [5.74, 6) is 0.436. The maximum atomic E-state index is 12.6. The van der Waals surface area contributed by atoms with Crippen molar-refractivity contribution in [2.45, 2.75) is 13.5 Å². The number of aromatic nitrogens is 3. The van der Waals surface area contributed by atoms with Crippen LogP contribution in [-0.4, -0.2) is 20.7 Å². The van der Waals surface area contributed by atoms with E-state index in [-0.39, 0.29) is 5.91 Å². The minimum absolute atomic E-state index is 0.229. The van der Waals surface area contributed by atoms with Gasteiger partial charge in [-0.15, -0.1) is 11.3 Å². The fourth-order valence-electron chi connectivity index (χ4n) is 2.63. The number of rotatable bonds is 5. The Morgan fingerprint density at radius 1 is 1.27 bits per heavy atom. The standard InChI is InChI=1S/C19H16N4O2S/c1-13-17(22-19(26-13)16-7-3-10-25-16)18(24)21-15-6-2-5-14(11-15)12-23-9-4-8-20-23/h2-11H,12H2,1H3,(H,21,24). The molecule has 0 unspecified atom stereocenters. The molecule has 0 aliphatic heterocycles. The van der Waals surface area contributed by atoms with Crippen LogP contribution in [0.2, 0.25) is 0 Å². The van der Waals surface area contributed by atoms with Crippen LogP contribution in [0.4, 0.5) is 5.69 Å². The zero-order chi connectivity index (χ0) is 17.9. The SMILES string of the molecule is Cc1sc(-c2ccco2)nc1C(=O)Nc1cccc(Cn2cccn2)c1. The van der Waals surface area contributed by atoms with Gasteiger partial charge in [0.1, 0.15) is 5.69 Å². The van der Waals surface area contributed by atoms with Gasteiger partial charge in [-0.3, -0.25) is 9.48 Å². The third-order valence-electron chi connectivity index (χ3n) is 3.83. The van der Waals surface area contributed by atoms with Crippen LogP contribution in [0.5, 0.6) is 0 Å². The van der Waals surface area contributed by atoms with E-state index in [9.17, 15) is 4.79 Å². The van der Waals surface area contributed by atoms with Gasteiger partial charge >= 0.3 is 0 Å². The van der Waals surface area contributed by atoms with Gasteiger partial charge in [0.15, 0.2) is 10.8 Å². The summed E-state index contributed by atoms with van der Waals surface area (Å²) in [6.45, 7) is 2.53. The van der Waals surface area contributed by atoms with E-state index in [0.29, 0.717) is 23.0 Å². The molecule has 4 rings (SSSR count). The van der Waals surface area contributed by atoms with Crippen molar-refractivity contribution in [3.8, 4) is 10.8 Å². The number of hydrogen-bond donors (Lipinski definition) is 1. The van der Waals surface area contributed by atoms with Crippen molar-refractivity contribution in [3.05, 3.63) is 77.3 Å². The van der Waals surface area contributed by atoms with Gasteiger partial charge < -0.3 is 9.73 Å². The van der Waals surface area contributed by atoms with E-state index in [1.807, 2.05) is 54.2 Å². The lowest BCUT2D eigenvalue weighted by molar-refractivity contribution is 0.102. The molecule has 130 valence electrons. The zero-order valence-electron chi connectivity index (χ0n) is 14.0. The lowest BCUT2D eigenvalue weighted by atomic mass is 10.2. The molecule has 1 N–H and O–H groups in total. The van der Waals surface area contributed by atoms with Crippen LogP contribution >= 0.6 is 11.3 Å². The monoisotopic (exact) mass is 364 g/mol. The largest absolute Gasteiger partial charge is 0.462 e. The molecule has 0 radical (unpaired) electrons. The number of aryl methyl sites for hydroxylation is 1. The Morgan fingerprint density at radius 3 is 2.96 bits per heavy atom. The molecular formula is C19H16N4O2S. The van der Waals surface area contributed by atoms with E-state index in [1.165, 1.54) is 11.3 Å². The highest BCUT2D eigenvalue weighted by atomic mass is 32.1. The number of carbonyl (C=O) groups is 1. The molecule has 6 nitrogen and oxygen atoms in total. The Kier molecular flexibility index (Phi) is 4.37. The molecule has 0 aliphatic carbocycles. The summed E-state index contributed by atoms with van der Waals surface area (Å²) in [7, 11) is 0. The van der Waals surface area contributed by atoms with Gasteiger partial charge in [-0.05, 0) is 42.8 Å². The van der Waals surface area contributed by atoms with Gasteiger partial charge in [-0.25, -0.2) is 4.98 Å². The molecule has 1 amide bonds. The average molecular weight is 364 g/mol. The van der Waals surface area contributed by atoms with Gasteiger partial charge in [0.05, 0.1) is 12.8 Å². The molecule has 0 atom stereocenters. The molecule has 3 heterocycles. The Labute approximate surface area is 154 Å². The molecule has 0 saturated heterocycles. The fourth-order valence-corrected chi connectivity index (χ4v) is 3.51. The second-order valence-corrected chi connectivity index (χ2v) is 6.96. The lowest BCUT2D eigenvalue weighted by Gasteiger charge is -2.07. The Hall–Kier alpha value is -3.19. The summed E-state index contributed by atoms with van der Waals surface area (Å²) in [5, 5.41) is 7.82. The van der Waals surface area contributed by atoms with Crippen LogP contribution in [0.1, 0.15) is 20.9 Å². The molecule has 26 heavy (non-hydrogen) atoms. The van der Waals surface area contributed by atoms with Crippen LogP contribution in [-0.2, 0) is 6.54 Å². The van der Waals surface area contributed by atoms with E-state index < -0.39 is 0 Å². The van der Waals surface area contributed by atoms with Crippen LogP contribution in [0, 0.1) is 6.92 Å². The van der Waals surface area contributed by atoms with E-state index >= 15 is 0 Å². The number of nitrogens with one attached hydrogen (secondary N) is 1. The summed E-state index contributed by atoms with van der Waals surface area (Å²) in [4.78, 5) is 17.9. The predicted octanol–water partition coefficient (Wildman–Crippen LogP) is 4.21. The first-order chi connectivity index (χ1) is 12.7. The predicted molar refractivity (Wildman–Crippen MR) is 100 cm³/mol. The number of benzene rings is 1. The van der Waals surface area contributed by atoms with Crippen molar-refractivity contribution >= 4 is 22.9 Å². The minimum atomic E-state index is -0.229. The van der Waals surface area contributed by atoms with Crippen molar-refractivity contribution < 1.29 is 9.21 Å². The van der Waals surface area contributed by atoms with Crippen LogP contribution < -0.4 is 5.32 Å². The molecule has 7 heteroatoms. The van der Waals surface area contributed by atoms with Gasteiger partial charge in [-0.1, -0.05) is 12.1 Å². The number of hydrogen-bond acceptors (Lipinski definition) is 5. The highest BCUT2D eigenvalue weighted by molar-refractivity contribution is 7.15. The second kappa shape index (κ2) is 6.97. The third kappa shape index (κ3) is 3.43. The van der Waals surface area contributed by atoms with Crippen molar-refractivity contribution in [3.63, 3.8) is 0 Å². The van der Waals surface area contributed by atoms with Crippen LogP contribution in [0.25, 0.3) is 10.8 Å². The number of anilines is 1. The summed E-state index contributed by atoms with van der Waals surface area (Å²) in [6, 6.07) is 13.2. The van der Waals surface area contributed by atoms with Gasteiger partial charge in [-0.2, -0.15) is 5.10 Å². The first kappa shape index (κ1) is 16.3. The van der Waals surface area contributed by atoms with Crippen molar-refractivity contribution in [1.29, 1.82) is 0 Å². The highest BCUT2D eigenvalue weighted by Gasteiger charge is 2.17. The third-order valence-corrected chi connectivity index (χ3v) is 4.82. The minimum Gasteiger partial charge on any atom is -0.462 e. The molecule has 0 spiro atoms. The van der Waals surface area contributed by atoms with E-state index in [2.05, 4.69) is 15.4 Å². The normalized spacial score (nSPS) is 10.8. The Balaban J connectivity index is 1.51. The maximum Gasteiger partial charge on any atom is 0.275 e. The summed E-state index contributed by atoms with van der Waals surface area (Å²) in [6.07, 6.45) is 5.24. The maximum absolute atomic E-state index is 12.6. The van der Waals surface area contributed by atoms with Crippen LogP contribution in [0.15, 0.2) is 65.5 Å².